The van der Waals surface area contributed by atoms with Crippen LogP contribution in [0.3, 0.4) is 0 Å². The molecule has 1 aromatic carbocycles. The SMILES string of the molecule is CC(C)n1cc(C(=O)N2CCCCC[C@@H]2c2cccc(F)c2)cn1. The molecular weight excluding hydrogens is 305 g/mol. The van der Waals surface area contributed by atoms with E-state index in [1.807, 2.05) is 24.8 Å². The van der Waals surface area contributed by atoms with Gasteiger partial charge in [-0.2, -0.15) is 5.10 Å². The first-order chi connectivity index (χ1) is 11.6. The zero-order valence-corrected chi connectivity index (χ0v) is 14.3. The van der Waals surface area contributed by atoms with E-state index < -0.39 is 0 Å². The predicted molar refractivity (Wildman–Crippen MR) is 91.3 cm³/mol. The molecule has 4 nitrogen and oxygen atoms in total. The van der Waals surface area contributed by atoms with Crippen molar-refractivity contribution < 1.29 is 9.18 Å². The van der Waals surface area contributed by atoms with Crippen molar-refractivity contribution >= 4 is 5.91 Å². The zero-order chi connectivity index (χ0) is 17.1. The minimum atomic E-state index is -0.253. The lowest BCUT2D eigenvalue weighted by Gasteiger charge is -2.30. The largest absolute Gasteiger partial charge is 0.332 e. The van der Waals surface area contributed by atoms with Gasteiger partial charge < -0.3 is 4.90 Å². The first-order valence-corrected chi connectivity index (χ1v) is 8.67. The minimum Gasteiger partial charge on any atom is -0.332 e. The van der Waals surface area contributed by atoms with Crippen LogP contribution >= 0.6 is 0 Å². The van der Waals surface area contributed by atoms with Gasteiger partial charge in [-0.1, -0.05) is 25.0 Å². The fourth-order valence-corrected chi connectivity index (χ4v) is 3.31. The molecule has 1 aliphatic heterocycles. The van der Waals surface area contributed by atoms with Gasteiger partial charge in [-0.3, -0.25) is 9.48 Å². The number of benzene rings is 1. The number of halogens is 1. The fourth-order valence-electron chi connectivity index (χ4n) is 3.31. The summed E-state index contributed by atoms with van der Waals surface area (Å²) in [6.45, 7) is 4.76. The minimum absolute atomic E-state index is 0.0157. The van der Waals surface area contributed by atoms with Gasteiger partial charge in [0.2, 0.25) is 0 Å². The van der Waals surface area contributed by atoms with Gasteiger partial charge in [0.25, 0.3) is 5.91 Å². The van der Waals surface area contributed by atoms with E-state index in [4.69, 9.17) is 0 Å². The van der Waals surface area contributed by atoms with Crippen molar-refractivity contribution in [3.05, 3.63) is 53.6 Å². The molecule has 5 heteroatoms. The highest BCUT2D eigenvalue weighted by molar-refractivity contribution is 5.94. The highest BCUT2D eigenvalue weighted by Crippen LogP contribution is 2.31. The molecule has 0 spiro atoms. The van der Waals surface area contributed by atoms with E-state index in [9.17, 15) is 9.18 Å². The van der Waals surface area contributed by atoms with Crippen molar-refractivity contribution in [1.82, 2.24) is 14.7 Å². The number of likely N-dealkylation sites (tertiary alicyclic amines) is 1. The van der Waals surface area contributed by atoms with Crippen LogP contribution in [0, 0.1) is 5.82 Å². The molecule has 3 rings (SSSR count). The van der Waals surface area contributed by atoms with Crippen LogP contribution in [-0.2, 0) is 0 Å². The van der Waals surface area contributed by atoms with Crippen LogP contribution < -0.4 is 0 Å². The van der Waals surface area contributed by atoms with Crippen LogP contribution in [0.15, 0.2) is 36.7 Å². The summed E-state index contributed by atoms with van der Waals surface area (Å²) in [5, 5.41) is 4.28. The highest BCUT2D eigenvalue weighted by Gasteiger charge is 2.28. The van der Waals surface area contributed by atoms with Crippen LogP contribution in [-0.4, -0.2) is 27.1 Å². The predicted octanol–water partition coefficient (Wildman–Crippen LogP) is 4.36. The third-order valence-corrected chi connectivity index (χ3v) is 4.62. The number of rotatable bonds is 3. The Bertz CT molecular complexity index is 710. The molecule has 0 radical (unpaired) electrons. The molecule has 1 fully saturated rings. The summed E-state index contributed by atoms with van der Waals surface area (Å²) < 4.78 is 15.4. The van der Waals surface area contributed by atoms with Gasteiger partial charge in [0.05, 0.1) is 17.8 Å². The topological polar surface area (TPSA) is 38.1 Å². The molecule has 2 heterocycles. The second kappa shape index (κ2) is 7.16. The molecule has 0 saturated carbocycles. The van der Waals surface area contributed by atoms with Crippen molar-refractivity contribution in [3.8, 4) is 0 Å². The Morgan fingerprint density at radius 3 is 2.83 bits per heavy atom. The van der Waals surface area contributed by atoms with Gasteiger partial charge in [-0.25, -0.2) is 4.39 Å². The van der Waals surface area contributed by atoms with Crippen molar-refractivity contribution in [2.75, 3.05) is 6.54 Å². The Morgan fingerprint density at radius 2 is 2.12 bits per heavy atom. The van der Waals surface area contributed by atoms with Crippen LogP contribution in [0.1, 0.15) is 67.5 Å². The smallest absolute Gasteiger partial charge is 0.257 e. The zero-order valence-electron chi connectivity index (χ0n) is 14.3. The summed E-state index contributed by atoms with van der Waals surface area (Å²) >= 11 is 0. The van der Waals surface area contributed by atoms with E-state index in [2.05, 4.69) is 5.10 Å². The number of hydrogen-bond donors (Lipinski definition) is 0. The van der Waals surface area contributed by atoms with Crippen LogP contribution in [0.25, 0.3) is 0 Å². The molecule has 1 aromatic heterocycles. The average Bonchev–Trinajstić information content (AvgIpc) is 2.93. The molecule has 0 unspecified atom stereocenters. The Morgan fingerprint density at radius 1 is 1.29 bits per heavy atom. The first kappa shape index (κ1) is 16.7. The van der Waals surface area contributed by atoms with Gasteiger partial charge in [0, 0.05) is 18.8 Å². The maximum atomic E-state index is 13.7. The summed E-state index contributed by atoms with van der Waals surface area (Å²) in [4.78, 5) is 14.9. The molecule has 0 bridgehead atoms. The summed E-state index contributed by atoms with van der Waals surface area (Å²) in [6, 6.07) is 6.77. The van der Waals surface area contributed by atoms with Gasteiger partial charge in [-0.05, 0) is 44.4 Å². The second-order valence-corrected chi connectivity index (χ2v) is 6.72. The van der Waals surface area contributed by atoms with E-state index in [-0.39, 0.29) is 23.8 Å². The molecule has 0 aliphatic carbocycles. The summed E-state index contributed by atoms with van der Waals surface area (Å²) in [5.74, 6) is -0.269. The lowest BCUT2D eigenvalue weighted by atomic mass is 10.00. The first-order valence-electron chi connectivity index (χ1n) is 8.67. The van der Waals surface area contributed by atoms with Crippen molar-refractivity contribution in [2.45, 2.75) is 51.6 Å². The number of carbonyl (C=O) groups excluding carboxylic acids is 1. The number of hydrogen-bond acceptors (Lipinski definition) is 2. The third kappa shape index (κ3) is 3.50. The van der Waals surface area contributed by atoms with Gasteiger partial charge in [0.1, 0.15) is 5.82 Å². The summed E-state index contributed by atoms with van der Waals surface area (Å²) in [7, 11) is 0. The van der Waals surface area contributed by atoms with Gasteiger partial charge in [0.15, 0.2) is 0 Å². The van der Waals surface area contributed by atoms with Crippen molar-refractivity contribution in [2.24, 2.45) is 0 Å². The number of carbonyl (C=O) groups is 1. The molecular formula is C19H24FN3O. The number of amides is 1. The normalized spacial score (nSPS) is 18.7. The Kier molecular flexibility index (Phi) is 4.97. The Labute approximate surface area is 142 Å². The maximum absolute atomic E-state index is 13.7. The van der Waals surface area contributed by atoms with Crippen molar-refractivity contribution in [1.29, 1.82) is 0 Å². The molecule has 128 valence electrons. The van der Waals surface area contributed by atoms with E-state index in [1.54, 1.807) is 29.2 Å². The average molecular weight is 329 g/mol. The molecule has 0 N–H and O–H groups in total. The standard InChI is InChI=1S/C19H24FN3O/c1-14(2)23-13-16(12-21-23)19(24)22-10-5-3-4-9-18(22)15-7-6-8-17(20)11-15/h6-8,11-14,18H,3-5,9-10H2,1-2H3/t18-/m1/s1. The molecule has 2 aromatic rings. The quantitative estimate of drug-likeness (QED) is 0.839. The summed E-state index contributed by atoms with van der Waals surface area (Å²) in [6.07, 6.45) is 7.44. The maximum Gasteiger partial charge on any atom is 0.257 e. The van der Waals surface area contributed by atoms with Crippen molar-refractivity contribution in [3.63, 3.8) is 0 Å². The molecule has 1 atom stereocenters. The lowest BCUT2D eigenvalue weighted by Crippen LogP contribution is -2.34. The highest BCUT2D eigenvalue weighted by atomic mass is 19.1. The lowest BCUT2D eigenvalue weighted by molar-refractivity contribution is 0.0680. The Hall–Kier alpha value is -2.17. The van der Waals surface area contributed by atoms with E-state index in [0.717, 1.165) is 31.2 Å². The third-order valence-electron chi connectivity index (χ3n) is 4.62. The molecule has 1 saturated heterocycles. The monoisotopic (exact) mass is 329 g/mol. The van der Waals surface area contributed by atoms with Gasteiger partial charge >= 0.3 is 0 Å². The Balaban J connectivity index is 1.90. The fraction of sp³-hybridized carbons (Fsp3) is 0.474. The van der Waals surface area contributed by atoms with E-state index in [1.165, 1.54) is 6.07 Å². The molecule has 1 amide bonds. The molecule has 1 aliphatic rings. The summed E-state index contributed by atoms with van der Waals surface area (Å²) in [5.41, 5.74) is 1.48. The number of nitrogens with zero attached hydrogens (tertiary/aromatic N) is 3. The van der Waals surface area contributed by atoms with Crippen LogP contribution in [0.5, 0.6) is 0 Å². The second-order valence-electron chi connectivity index (χ2n) is 6.72. The van der Waals surface area contributed by atoms with Gasteiger partial charge in [-0.15, -0.1) is 0 Å². The van der Waals surface area contributed by atoms with E-state index >= 15 is 0 Å². The van der Waals surface area contributed by atoms with Crippen LogP contribution in [0.2, 0.25) is 0 Å². The van der Waals surface area contributed by atoms with Crippen LogP contribution in [0.4, 0.5) is 4.39 Å². The van der Waals surface area contributed by atoms with E-state index in [0.29, 0.717) is 12.1 Å². The molecule has 24 heavy (non-hydrogen) atoms. The number of aromatic nitrogens is 2.